The van der Waals surface area contributed by atoms with Crippen molar-refractivity contribution in [1.82, 2.24) is 5.32 Å². The van der Waals surface area contributed by atoms with Gasteiger partial charge in [0.15, 0.2) is 0 Å². The summed E-state index contributed by atoms with van der Waals surface area (Å²) in [5, 5.41) is 23.7. The van der Waals surface area contributed by atoms with E-state index in [4.69, 9.17) is 4.74 Å². The highest BCUT2D eigenvalue weighted by Crippen LogP contribution is 2.15. The third-order valence-corrected chi connectivity index (χ3v) is 11.2. The molecule has 0 saturated carbocycles. The van der Waals surface area contributed by atoms with Gasteiger partial charge < -0.3 is 20.3 Å². The van der Waals surface area contributed by atoms with Gasteiger partial charge in [0.2, 0.25) is 5.91 Å². The zero-order valence-electron chi connectivity index (χ0n) is 40.5. The molecular formula is C56H97NO5. The number of rotatable bonds is 45. The SMILES string of the molecule is CC/C=C/C/C=C/C/C=C/C/C=C/C/C=C/C(CC(=O)NC(CO)C(O)CCCCCCCCCCCCCC)OC(=O)CCCCCCCCC/C=C\C/C=C\CCCCC. The number of carbonyl (C=O) groups excluding carboxylic acids is 2. The van der Waals surface area contributed by atoms with E-state index in [2.05, 4.69) is 99.0 Å². The maximum atomic E-state index is 13.2. The molecular weight excluding hydrogens is 767 g/mol. The molecule has 6 nitrogen and oxygen atoms in total. The predicted octanol–water partition coefficient (Wildman–Crippen LogP) is 15.6. The van der Waals surface area contributed by atoms with Crippen LogP contribution in [-0.4, -0.2) is 46.9 Å². The first kappa shape index (κ1) is 59.0. The largest absolute Gasteiger partial charge is 0.458 e. The summed E-state index contributed by atoms with van der Waals surface area (Å²) < 4.78 is 5.82. The average molecular weight is 864 g/mol. The van der Waals surface area contributed by atoms with E-state index in [1.54, 1.807) is 6.08 Å². The third kappa shape index (κ3) is 43.7. The molecule has 0 bridgehead atoms. The topological polar surface area (TPSA) is 95.9 Å². The van der Waals surface area contributed by atoms with Crippen LogP contribution in [0.3, 0.4) is 0 Å². The van der Waals surface area contributed by atoms with Crippen molar-refractivity contribution in [2.75, 3.05) is 6.61 Å². The number of amides is 1. The summed E-state index contributed by atoms with van der Waals surface area (Å²) in [7, 11) is 0. The zero-order chi connectivity index (χ0) is 45.2. The highest BCUT2D eigenvalue weighted by Gasteiger charge is 2.23. The fourth-order valence-electron chi connectivity index (χ4n) is 7.30. The fourth-order valence-corrected chi connectivity index (χ4v) is 7.30. The lowest BCUT2D eigenvalue weighted by atomic mass is 10.0. The normalized spacial score (nSPS) is 14.0. The second kappa shape index (κ2) is 49.1. The van der Waals surface area contributed by atoms with Crippen molar-refractivity contribution in [2.45, 2.75) is 251 Å². The van der Waals surface area contributed by atoms with Gasteiger partial charge in [-0.1, -0.05) is 222 Å². The summed E-state index contributed by atoms with van der Waals surface area (Å²) >= 11 is 0. The van der Waals surface area contributed by atoms with Crippen molar-refractivity contribution in [3.63, 3.8) is 0 Å². The Morgan fingerprint density at radius 3 is 1.40 bits per heavy atom. The summed E-state index contributed by atoms with van der Waals surface area (Å²) in [6, 6.07) is -0.747. The van der Waals surface area contributed by atoms with Gasteiger partial charge in [-0.2, -0.15) is 0 Å². The standard InChI is InChI=1S/C56H97NO5/c1-4-7-10-13-16-19-22-25-27-28-29-31-34-37-40-43-46-49-56(61)62-52(47-44-41-38-35-32-30-26-23-20-17-14-11-8-5-2)50-55(60)57-53(51-58)54(59)48-45-42-39-36-33-24-21-18-15-12-9-6-3/h8,11,16-17,19-20,25-27,30,35,38,44,47,52-54,58-59H,4-7,9-10,12-15,18,21-24,28-29,31-34,36-37,39-43,45-46,48-51H2,1-3H3,(H,57,60)/b11-8+,19-16-,20-17+,27-25-,30-26+,38-35+,47-44+. The molecule has 356 valence electrons. The number of nitrogens with one attached hydrogen (secondary N) is 1. The molecule has 3 unspecified atom stereocenters. The molecule has 0 aliphatic rings. The lowest BCUT2D eigenvalue weighted by Crippen LogP contribution is -2.46. The van der Waals surface area contributed by atoms with E-state index in [1.807, 2.05) is 6.08 Å². The lowest BCUT2D eigenvalue weighted by molar-refractivity contribution is -0.148. The second-order valence-corrected chi connectivity index (χ2v) is 17.2. The third-order valence-electron chi connectivity index (χ3n) is 11.2. The number of aliphatic hydroxyl groups excluding tert-OH is 2. The van der Waals surface area contributed by atoms with Gasteiger partial charge in [-0.15, -0.1) is 0 Å². The summed E-state index contributed by atoms with van der Waals surface area (Å²) in [6.45, 7) is 6.30. The zero-order valence-corrected chi connectivity index (χ0v) is 40.5. The first-order valence-corrected chi connectivity index (χ1v) is 25.8. The van der Waals surface area contributed by atoms with E-state index >= 15 is 0 Å². The Hall–Kier alpha value is -2.96. The Morgan fingerprint density at radius 1 is 0.500 bits per heavy atom. The number of esters is 1. The molecule has 0 aromatic rings. The van der Waals surface area contributed by atoms with Crippen LogP contribution in [0.1, 0.15) is 233 Å². The average Bonchev–Trinajstić information content (AvgIpc) is 3.26. The van der Waals surface area contributed by atoms with Crippen molar-refractivity contribution < 1.29 is 24.5 Å². The van der Waals surface area contributed by atoms with Crippen LogP contribution in [0.15, 0.2) is 85.1 Å². The first-order valence-electron chi connectivity index (χ1n) is 25.8. The highest BCUT2D eigenvalue weighted by molar-refractivity contribution is 5.78. The molecule has 3 N–H and O–H groups in total. The van der Waals surface area contributed by atoms with Crippen LogP contribution < -0.4 is 5.32 Å². The number of hydrogen-bond donors (Lipinski definition) is 3. The minimum absolute atomic E-state index is 0.0524. The predicted molar refractivity (Wildman–Crippen MR) is 268 cm³/mol. The molecule has 0 saturated heterocycles. The van der Waals surface area contributed by atoms with Crippen LogP contribution in [0.2, 0.25) is 0 Å². The number of unbranched alkanes of at least 4 members (excludes halogenated alkanes) is 21. The second-order valence-electron chi connectivity index (χ2n) is 17.2. The molecule has 1 amide bonds. The maximum Gasteiger partial charge on any atom is 0.306 e. The number of aliphatic hydroxyl groups is 2. The van der Waals surface area contributed by atoms with Crippen molar-refractivity contribution in [2.24, 2.45) is 0 Å². The van der Waals surface area contributed by atoms with Crippen LogP contribution in [0, 0.1) is 0 Å². The van der Waals surface area contributed by atoms with Crippen LogP contribution in [0.25, 0.3) is 0 Å². The summed E-state index contributed by atoms with van der Waals surface area (Å²) in [5.74, 6) is -0.640. The van der Waals surface area contributed by atoms with E-state index < -0.39 is 18.2 Å². The molecule has 6 heteroatoms. The van der Waals surface area contributed by atoms with Crippen molar-refractivity contribution in [3.8, 4) is 0 Å². The van der Waals surface area contributed by atoms with E-state index in [-0.39, 0.29) is 24.9 Å². The summed E-state index contributed by atoms with van der Waals surface area (Å²) in [4.78, 5) is 26.1. The number of ether oxygens (including phenoxy) is 1. The Bertz CT molecular complexity index is 1200. The van der Waals surface area contributed by atoms with Crippen LogP contribution in [0.5, 0.6) is 0 Å². The Kier molecular flexibility index (Phi) is 46.7. The van der Waals surface area contributed by atoms with Crippen molar-refractivity contribution >= 4 is 11.9 Å². The van der Waals surface area contributed by atoms with Gasteiger partial charge in [-0.25, -0.2) is 0 Å². The Labute approximate surface area is 383 Å². The van der Waals surface area contributed by atoms with E-state index in [0.29, 0.717) is 19.3 Å². The van der Waals surface area contributed by atoms with Gasteiger partial charge in [-0.05, 0) is 83.1 Å². The minimum Gasteiger partial charge on any atom is -0.458 e. The summed E-state index contributed by atoms with van der Waals surface area (Å²) in [6.07, 6.45) is 63.8. The van der Waals surface area contributed by atoms with Gasteiger partial charge >= 0.3 is 5.97 Å². The Morgan fingerprint density at radius 2 is 0.903 bits per heavy atom. The molecule has 0 heterocycles. The molecule has 0 aliphatic carbocycles. The van der Waals surface area contributed by atoms with E-state index in [1.165, 1.54) is 109 Å². The molecule has 0 fully saturated rings. The Balaban J connectivity index is 4.73. The fraction of sp³-hybridized carbons (Fsp3) is 0.714. The lowest BCUT2D eigenvalue weighted by Gasteiger charge is -2.23. The molecule has 0 aromatic heterocycles. The van der Waals surface area contributed by atoms with Gasteiger partial charge in [-0.3, -0.25) is 9.59 Å². The molecule has 0 rings (SSSR count). The van der Waals surface area contributed by atoms with Gasteiger partial charge in [0.1, 0.15) is 6.10 Å². The molecule has 62 heavy (non-hydrogen) atoms. The molecule has 0 aliphatic heterocycles. The van der Waals surface area contributed by atoms with Crippen molar-refractivity contribution in [3.05, 3.63) is 85.1 Å². The van der Waals surface area contributed by atoms with Gasteiger partial charge in [0.25, 0.3) is 0 Å². The van der Waals surface area contributed by atoms with Crippen LogP contribution in [0.4, 0.5) is 0 Å². The van der Waals surface area contributed by atoms with Crippen LogP contribution >= 0.6 is 0 Å². The van der Waals surface area contributed by atoms with Gasteiger partial charge in [0, 0.05) is 6.42 Å². The summed E-state index contributed by atoms with van der Waals surface area (Å²) in [5.41, 5.74) is 0. The first-order chi connectivity index (χ1) is 30.5. The number of carbonyl (C=O) groups is 2. The molecule has 3 atom stereocenters. The van der Waals surface area contributed by atoms with Crippen molar-refractivity contribution in [1.29, 1.82) is 0 Å². The van der Waals surface area contributed by atoms with Gasteiger partial charge in [0.05, 0.1) is 25.2 Å². The molecule has 0 spiro atoms. The number of hydrogen-bond acceptors (Lipinski definition) is 5. The monoisotopic (exact) mass is 864 g/mol. The minimum atomic E-state index is -0.823. The molecule has 0 radical (unpaired) electrons. The van der Waals surface area contributed by atoms with E-state index in [0.717, 1.165) is 77.0 Å². The molecule has 0 aromatic carbocycles. The highest BCUT2D eigenvalue weighted by atomic mass is 16.5. The van der Waals surface area contributed by atoms with Crippen LogP contribution in [-0.2, 0) is 14.3 Å². The maximum absolute atomic E-state index is 13.2. The number of allylic oxidation sites excluding steroid dienone is 13. The quantitative estimate of drug-likeness (QED) is 0.0322. The van der Waals surface area contributed by atoms with E-state index in [9.17, 15) is 19.8 Å². The smallest absolute Gasteiger partial charge is 0.306 e.